The molecule has 0 aliphatic heterocycles. The Morgan fingerprint density at radius 1 is 1.42 bits per heavy atom. The summed E-state index contributed by atoms with van der Waals surface area (Å²) in [4.78, 5) is 11.4. The molecule has 0 aromatic carbocycles. The maximum absolute atomic E-state index is 5.74. The van der Waals surface area contributed by atoms with Crippen molar-refractivity contribution in [2.24, 2.45) is 0 Å². The highest BCUT2D eigenvalue weighted by Gasteiger charge is 2.12. The van der Waals surface area contributed by atoms with Crippen LogP contribution in [0.2, 0.25) is 5.15 Å². The van der Waals surface area contributed by atoms with Crippen molar-refractivity contribution >= 4 is 33.8 Å². The minimum absolute atomic E-state index is 0.482. The van der Waals surface area contributed by atoms with E-state index in [1.165, 1.54) is 0 Å². The molecule has 5 nitrogen and oxygen atoms in total. The van der Waals surface area contributed by atoms with Crippen LogP contribution < -0.4 is 15.0 Å². The molecule has 0 saturated heterocycles. The van der Waals surface area contributed by atoms with Gasteiger partial charge >= 0.3 is 0 Å². The van der Waals surface area contributed by atoms with Crippen molar-refractivity contribution < 1.29 is 4.74 Å². The molecule has 0 atom stereocenters. The van der Waals surface area contributed by atoms with Crippen molar-refractivity contribution in [2.75, 3.05) is 31.4 Å². The van der Waals surface area contributed by atoms with Gasteiger partial charge in [0.1, 0.15) is 5.15 Å². The lowest BCUT2D eigenvalue weighted by Crippen LogP contribution is -2.07. The molecule has 0 aliphatic rings. The molecule has 102 valence electrons. The molecule has 2 aromatic rings. The van der Waals surface area contributed by atoms with Gasteiger partial charge in [-0.3, -0.25) is 0 Å². The van der Waals surface area contributed by atoms with Gasteiger partial charge in [-0.1, -0.05) is 22.9 Å². The summed E-state index contributed by atoms with van der Waals surface area (Å²) in [6.07, 6.45) is 1.70. The molecule has 19 heavy (non-hydrogen) atoms. The number of rotatable bonds is 5. The molecule has 7 heteroatoms. The molecule has 0 amide bonds. The molecule has 2 heterocycles. The van der Waals surface area contributed by atoms with Crippen LogP contribution in [-0.2, 0) is 6.54 Å². The van der Waals surface area contributed by atoms with E-state index in [0.29, 0.717) is 17.6 Å². The molecule has 1 N–H and O–H groups in total. The molecule has 0 unspecified atom stereocenters. The Morgan fingerprint density at radius 3 is 2.79 bits per heavy atom. The van der Waals surface area contributed by atoms with Crippen molar-refractivity contribution in [2.45, 2.75) is 6.54 Å². The van der Waals surface area contributed by atoms with E-state index in [0.717, 1.165) is 15.7 Å². The number of halogens is 1. The summed E-state index contributed by atoms with van der Waals surface area (Å²) >= 11 is 7.34. The minimum Gasteiger partial charge on any atom is -0.480 e. The van der Waals surface area contributed by atoms with E-state index in [9.17, 15) is 0 Å². The Labute approximate surface area is 121 Å². The molecule has 0 saturated carbocycles. The van der Waals surface area contributed by atoms with Crippen LogP contribution in [0.3, 0.4) is 0 Å². The first-order chi connectivity index (χ1) is 9.10. The third-order valence-corrected chi connectivity index (χ3v) is 3.83. The standard InChI is InChI=1S/C12H15ClN4OS/c1-17(2)12-16-11(18-3)9(19-12)7-14-8-4-5-10(13)15-6-8/h4-6,14H,7H2,1-3H3. The lowest BCUT2D eigenvalue weighted by atomic mass is 10.4. The van der Waals surface area contributed by atoms with Gasteiger partial charge < -0.3 is 15.0 Å². The number of hydrogen-bond donors (Lipinski definition) is 1. The first kappa shape index (κ1) is 13.9. The number of ether oxygens (including phenoxy) is 1. The first-order valence-electron chi connectivity index (χ1n) is 5.66. The second-order valence-electron chi connectivity index (χ2n) is 4.05. The number of anilines is 2. The molecule has 0 aliphatic carbocycles. The highest BCUT2D eigenvalue weighted by atomic mass is 35.5. The molecular weight excluding hydrogens is 284 g/mol. The normalized spacial score (nSPS) is 10.3. The van der Waals surface area contributed by atoms with Crippen molar-refractivity contribution in [3.63, 3.8) is 0 Å². The van der Waals surface area contributed by atoms with Gasteiger partial charge in [-0.2, -0.15) is 4.98 Å². The lowest BCUT2D eigenvalue weighted by molar-refractivity contribution is 0.397. The summed E-state index contributed by atoms with van der Waals surface area (Å²) in [6, 6.07) is 3.63. The van der Waals surface area contributed by atoms with Gasteiger partial charge in [0.25, 0.3) is 0 Å². The summed E-state index contributed by atoms with van der Waals surface area (Å²) in [7, 11) is 5.54. The fourth-order valence-electron chi connectivity index (χ4n) is 1.45. The fourth-order valence-corrected chi connectivity index (χ4v) is 2.46. The average molecular weight is 299 g/mol. The van der Waals surface area contributed by atoms with E-state index in [-0.39, 0.29) is 0 Å². The van der Waals surface area contributed by atoms with E-state index in [2.05, 4.69) is 15.3 Å². The molecule has 0 fully saturated rings. The van der Waals surface area contributed by atoms with E-state index in [1.807, 2.05) is 25.1 Å². The number of aromatic nitrogens is 2. The van der Waals surface area contributed by atoms with E-state index >= 15 is 0 Å². The predicted molar refractivity (Wildman–Crippen MR) is 79.6 cm³/mol. The first-order valence-corrected chi connectivity index (χ1v) is 6.86. The van der Waals surface area contributed by atoms with Crippen LogP contribution >= 0.6 is 22.9 Å². The number of thiazole rings is 1. The lowest BCUT2D eigenvalue weighted by Gasteiger charge is -2.05. The van der Waals surface area contributed by atoms with Crippen LogP contribution in [0, 0.1) is 0 Å². The van der Waals surface area contributed by atoms with Gasteiger partial charge in [0.2, 0.25) is 5.88 Å². The summed E-state index contributed by atoms with van der Waals surface area (Å²) in [5.41, 5.74) is 0.909. The maximum Gasteiger partial charge on any atom is 0.231 e. The van der Waals surface area contributed by atoms with Crippen molar-refractivity contribution in [1.82, 2.24) is 9.97 Å². The molecular formula is C12H15ClN4OS. The molecule has 2 aromatic heterocycles. The Bertz CT molecular complexity index is 541. The van der Waals surface area contributed by atoms with Gasteiger partial charge in [0.15, 0.2) is 5.13 Å². The highest BCUT2D eigenvalue weighted by Crippen LogP contribution is 2.30. The molecule has 0 spiro atoms. The zero-order valence-electron chi connectivity index (χ0n) is 11.0. The molecule has 0 radical (unpaired) electrons. The number of pyridine rings is 1. The number of nitrogens with one attached hydrogen (secondary N) is 1. The monoisotopic (exact) mass is 298 g/mol. The van der Waals surface area contributed by atoms with Crippen LogP contribution in [0.1, 0.15) is 4.88 Å². The molecule has 2 rings (SSSR count). The second-order valence-corrected chi connectivity index (χ2v) is 5.50. The SMILES string of the molecule is COc1nc(N(C)C)sc1CNc1ccc(Cl)nc1. The average Bonchev–Trinajstić information content (AvgIpc) is 2.81. The largest absolute Gasteiger partial charge is 0.480 e. The third kappa shape index (κ3) is 3.48. The zero-order valence-corrected chi connectivity index (χ0v) is 12.5. The van der Waals surface area contributed by atoms with Crippen LogP contribution in [0.5, 0.6) is 5.88 Å². The summed E-state index contributed by atoms with van der Waals surface area (Å²) in [5.74, 6) is 0.656. The summed E-state index contributed by atoms with van der Waals surface area (Å²) in [5, 5.41) is 4.67. The Balaban J connectivity index is 2.08. The van der Waals surface area contributed by atoms with E-state index in [1.54, 1.807) is 30.7 Å². The van der Waals surface area contributed by atoms with Gasteiger partial charge in [-0.15, -0.1) is 0 Å². The second kappa shape index (κ2) is 6.08. The predicted octanol–water partition coefficient (Wildman–Crippen LogP) is 2.88. The highest BCUT2D eigenvalue weighted by molar-refractivity contribution is 7.15. The minimum atomic E-state index is 0.482. The van der Waals surface area contributed by atoms with Crippen molar-refractivity contribution in [1.29, 1.82) is 0 Å². The van der Waals surface area contributed by atoms with Gasteiger partial charge in [0.05, 0.1) is 30.4 Å². The quantitative estimate of drug-likeness (QED) is 0.860. The van der Waals surface area contributed by atoms with Crippen LogP contribution in [0.15, 0.2) is 18.3 Å². The van der Waals surface area contributed by atoms with Gasteiger partial charge in [0, 0.05) is 14.1 Å². The third-order valence-electron chi connectivity index (χ3n) is 2.41. The topological polar surface area (TPSA) is 50.3 Å². The van der Waals surface area contributed by atoms with Crippen LogP contribution in [0.25, 0.3) is 0 Å². The van der Waals surface area contributed by atoms with Gasteiger partial charge in [-0.05, 0) is 12.1 Å². The molecule has 0 bridgehead atoms. The Morgan fingerprint density at radius 2 is 2.21 bits per heavy atom. The van der Waals surface area contributed by atoms with E-state index < -0.39 is 0 Å². The van der Waals surface area contributed by atoms with Crippen molar-refractivity contribution in [3.05, 3.63) is 28.4 Å². The fraction of sp³-hybridized carbons (Fsp3) is 0.333. The number of hydrogen-bond acceptors (Lipinski definition) is 6. The number of methoxy groups -OCH3 is 1. The smallest absolute Gasteiger partial charge is 0.231 e. The van der Waals surface area contributed by atoms with Gasteiger partial charge in [-0.25, -0.2) is 4.98 Å². The van der Waals surface area contributed by atoms with E-state index in [4.69, 9.17) is 16.3 Å². The van der Waals surface area contributed by atoms with Crippen LogP contribution in [-0.4, -0.2) is 31.2 Å². The maximum atomic E-state index is 5.74. The zero-order chi connectivity index (χ0) is 13.8. The van der Waals surface area contributed by atoms with Crippen LogP contribution in [0.4, 0.5) is 10.8 Å². The summed E-state index contributed by atoms with van der Waals surface area (Å²) < 4.78 is 5.28. The number of nitrogens with zero attached hydrogens (tertiary/aromatic N) is 3. The summed E-state index contributed by atoms with van der Waals surface area (Å²) in [6.45, 7) is 0.637. The Kier molecular flexibility index (Phi) is 4.44. The van der Waals surface area contributed by atoms with Crippen molar-refractivity contribution in [3.8, 4) is 5.88 Å². The Hall–Kier alpha value is -1.53.